The monoisotopic (exact) mass is 301 g/mol. The Labute approximate surface area is 111 Å². The Kier molecular flexibility index (Phi) is 3.25. The first kappa shape index (κ1) is 13.8. The van der Waals surface area contributed by atoms with E-state index in [2.05, 4.69) is 0 Å². The van der Waals surface area contributed by atoms with Crippen LogP contribution in [0.25, 0.3) is 10.8 Å². The van der Waals surface area contributed by atoms with E-state index < -0.39 is 20.1 Å². The summed E-state index contributed by atoms with van der Waals surface area (Å²) < 4.78 is 49.7. The van der Waals surface area contributed by atoms with Crippen LogP contribution in [0.15, 0.2) is 41.3 Å². The summed E-state index contributed by atoms with van der Waals surface area (Å²) in [5, 5.41) is 6.04. The van der Waals surface area contributed by atoms with Gasteiger partial charge in [0.05, 0.1) is 11.2 Å². The summed E-state index contributed by atoms with van der Waals surface area (Å²) in [4.78, 5) is -0.0797. The molecule has 0 heterocycles. The average Bonchev–Trinajstić information content (AvgIpc) is 2.24. The standard InChI is InChI=1S/C11H11NO5S2/c1-18(13,14)17-9-6-5-8-3-2-4-11(10(8)7-9)19(12,15)16/h2-7H,1H3,(H2,12,15,16). The van der Waals surface area contributed by atoms with E-state index in [1.807, 2.05) is 0 Å². The Balaban J connectivity index is 2.71. The van der Waals surface area contributed by atoms with Gasteiger partial charge in [-0.15, -0.1) is 0 Å². The fraction of sp³-hybridized carbons (Fsp3) is 0.0909. The van der Waals surface area contributed by atoms with Gasteiger partial charge in [0.25, 0.3) is 0 Å². The van der Waals surface area contributed by atoms with Crippen molar-refractivity contribution in [3.8, 4) is 5.75 Å². The molecule has 0 fully saturated rings. The molecule has 0 radical (unpaired) electrons. The zero-order chi connectivity index (χ0) is 14.3. The quantitative estimate of drug-likeness (QED) is 0.845. The van der Waals surface area contributed by atoms with Gasteiger partial charge in [-0.2, -0.15) is 8.42 Å². The van der Waals surface area contributed by atoms with Gasteiger partial charge in [0.2, 0.25) is 10.0 Å². The molecule has 0 atom stereocenters. The molecule has 0 aliphatic carbocycles. The van der Waals surface area contributed by atoms with E-state index in [9.17, 15) is 16.8 Å². The topological polar surface area (TPSA) is 104 Å². The molecular formula is C11H11NO5S2. The third-order valence-corrected chi connectivity index (χ3v) is 3.83. The third kappa shape index (κ3) is 3.22. The van der Waals surface area contributed by atoms with Gasteiger partial charge in [-0.1, -0.05) is 18.2 Å². The molecule has 0 saturated carbocycles. The number of hydrogen-bond acceptors (Lipinski definition) is 5. The maximum Gasteiger partial charge on any atom is 0.306 e. The lowest BCUT2D eigenvalue weighted by Gasteiger charge is -2.07. The smallest absolute Gasteiger partial charge is 0.306 e. The fourth-order valence-electron chi connectivity index (χ4n) is 1.70. The number of benzene rings is 2. The van der Waals surface area contributed by atoms with Crippen LogP contribution in [-0.4, -0.2) is 23.1 Å². The highest BCUT2D eigenvalue weighted by atomic mass is 32.2. The van der Waals surface area contributed by atoms with Crippen LogP contribution in [0.3, 0.4) is 0 Å². The Morgan fingerprint density at radius 1 is 1.05 bits per heavy atom. The zero-order valence-electron chi connectivity index (χ0n) is 9.90. The summed E-state index contributed by atoms with van der Waals surface area (Å²) in [5.74, 6) is 0.0334. The molecule has 0 bridgehead atoms. The molecule has 6 nitrogen and oxygen atoms in total. The molecule has 0 aliphatic rings. The summed E-state index contributed by atoms with van der Waals surface area (Å²) >= 11 is 0. The highest BCUT2D eigenvalue weighted by molar-refractivity contribution is 7.89. The minimum Gasteiger partial charge on any atom is -0.383 e. The number of primary sulfonamides is 1. The summed E-state index contributed by atoms with van der Waals surface area (Å²) in [6.07, 6.45) is 0.906. The molecule has 0 aromatic heterocycles. The molecule has 0 aliphatic heterocycles. The lowest BCUT2D eigenvalue weighted by molar-refractivity contribution is 0.493. The van der Waals surface area contributed by atoms with E-state index >= 15 is 0 Å². The number of nitrogens with two attached hydrogens (primary N) is 1. The molecular weight excluding hydrogens is 290 g/mol. The predicted octanol–water partition coefficient (Wildman–Crippen LogP) is 0.826. The average molecular weight is 301 g/mol. The van der Waals surface area contributed by atoms with E-state index in [1.54, 1.807) is 18.2 Å². The van der Waals surface area contributed by atoms with Gasteiger partial charge >= 0.3 is 10.1 Å². The van der Waals surface area contributed by atoms with Gasteiger partial charge < -0.3 is 4.18 Å². The van der Waals surface area contributed by atoms with Gasteiger partial charge in [0, 0.05) is 5.39 Å². The van der Waals surface area contributed by atoms with E-state index in [1.165, 1.54) is 18.2 Å². The van der Waals surface area contributed by atoms with Crippen molar-refractivity contribution in [2.75, 3.05) is 6.26 Å². The van der Waals surface area contributed by atoms with Crippen molar-refractivity contribution in [2.24, 2.45) is 5.14 Å². The maximum absolute atomic E-state index is 11.5. The predicted molar refractivity (Wildman–Crippen MR) is 70.8 cm³/mol. The summed E-state index contributed by atoms with van der Waals surface area (Å²) in [6.45, 7) is 0. The van der Waals surface area contributed by atoms with E-state index in [0.717, 1.165) is 6.26 Å². The summed E-state index contributed by atoms with van der Waals surface area (Å²) in [7, 11) is -7.57. The highest BCUT2D eigenvalue weighted by Crippen LogP contribution is 2.26. The number of sulfonamides is 1. The second-order valence-corrected chi connectivity index (χ2v) is 7.08. The highest BCUT2D eigenvalue weighted by Gasteiger charge is 2.13. The van der Waals surface area contributed by atoms with Crippen molar-refractivity contribution in [3.05, 3.63) is 36.4 Å². The van der Waals surface area contributed by atoms with Gasteiger partial charge in [-0.05, 0) is 23.6 Å². The van der Waals surface area contributed by atoms with Crippen LogP contribution in [0.4, 0.5) is 0 Å². The van der Waals surface area contributed by atoms with Gasteiger partial charge in [0.1, 0.15) is 5.75 Å². The van der Waals surface area contributed by atoms with Crippen LogP contribution in [0.2, 0.25) is 0 Å². The first-order valence-electron chi connectivity index (χ1n) is 5.12. The van der Waals surface area contributed by atoms with Crippen LogP contribution in [-0.2, 0) is 20.1 Å². The lowest BCUT2D eigenvalue weighted by Crippen LogP contribution is -2.12. The van der Waals surface area contributed by atoms with Gasteiger partial charge in [0.15, 0.2) is 0 Å². The van der Waals surface area contributed by atoms with Crippen molar-refractivity contribution >= 4 is 30.9 Å². The second-order valence-electron chi connectivity index (χ2n) is 3.97. The molecule has 2 aromatic carbocycles. The van der Waals surface area contributed by atoms with Crippen LogP contribution >= 0.6 is 0 Å². The Morgan fingerprint density at radius 2 is 1.74 bits per heavy atom. The van der Waals surface area contributed by atoms with Crippen LogP contribution in [0.5, 0.6) is 5.75 Å². The zero-order valence-corrected chi connectivity index (χ0v) is 11.5. The largest absolute Gasteiger partial charge is 0.383 e. The molecule has 102 valence electrons. The normalized spacial score (nSPS) is 12.5. The summed E-state index contributed by atoms with van der Waals surface area (Å²) in [5.41, 5.74) is 0. The third-order valence-electron chi connectivity index (χ3n) is 2.37. The van der Waals surface area contributed by atoms with Crippen LogP contribution < -0.4 is 9.32 Å². The SMILES string of the molecule is CS(=O)(=O)Oc1ccc2cccc(S(N)(=O)=O)c2c1. The molecule has 0 unspecified atom stereocenters. The fourth-order valence-corrected chi connectivity index (χ4v) is 2.90. The van der Waals surface area contributed by atoms with Crippen molar-refractivity contribution in [2.45, 2.75) is 4.90 Å². The van der Waals surface area contributed by atoms with Crippen LogP contribution in [0.1, 0.15) is 0 Å². The van der Waals surface area contributed by atoms with E-state index in [-0.39, 0.29) is 10.6 Å². The van der Waals surface area contributed by atoms with Crippen LogP contribution in [0, 0.1) is 0 Å². The van der Waals surface area contributed by atoms with Crippen molar-refractivity contribution in [3.63, 3.8) is 0 Å². The molecule has 2 N–H and O–H groups in total. The molecule has 0 spiro atoms. The molecule has 8 heteroatoms. The maximum atomic E-state index is 11.5. The Hall–Kier alpha value is -1.64. The Morgan fingerprint density at radius 3 is 2.32 bits per heavy atom. The molecule has 19 heavy (non-hydrogen) atoms. The van der Waals surface area contributed by atoms with Crippen molar-refractivity contribution in [1.29, 1.82) is 0 Å². The van der Waals surface area contributed by atoms with Gasteiger partial charge in [-0.3, -0.25) is 0 Å². The molecule has 2 aromatic rings. The minimum atomic E-state index is -3.89. The van der Waals surface area contributed by atoms with Gasteiger partial charge in [-0.25, -0.2) is 13.6 Å². The second kappa shape index (κ2) is 4.48. The van der Waals surface area contributed by atoms with Crippen molar-refractivity contribution in [1.82, 2.24) is 0 Å². The molecule has 2 rings (SSSR count). The van der Waals surface area contributed by atoms with E-state index in [0.29, 0.717) is 10.8 Å². The first-order chi connectivity index (χ1) is 8.67. The summed E-state index contributed by atoms with van der Waals surface area (Å²) in [6, 6.07) is 8.92. The number of fused-ring (bicyclic) bond motifs is 1. The lowest BCUT2D eigenvalue weighted by atomic mass is 10.1. The Bertz CT molecular complexity index is 841. The number of hydrogen-bond donors (Lipinski definition) is 1. The number of rotatable bonds is 3. The molecule has 0 amide bonds. The van der Waals surface area contributed by atoms with E-state index in [4.69, 9.17) is 9.32 Å². The molecule has 0 saturated heterocycles. The van der Waals surface area contributed by atoms with Crippen molar-refractivity contribution < 1.29 is 21.0 Å². The first-order valence-corrected chi connectivity index (χ1v) is 8.48. The minimum absolute atomic E-state index is 0.0334.